The number of hydrogen-bond donors (Lipinski definition) is 0. The monoisotopic (exact) mass is 326 g/mol. The summed E-state index contributed by atoms with van der Waals surface area (Å²) < 4.78 is 0. The van der Waals surface area contributed by atoms with Crippen LogP contribution in [0, 0.1) is 0 Å². The molecule has 0 fully saturated rings. The summed E-state index contributed by atoms with van der Waals surface area (Å²) in [5.41, 5.74) is 4.13. The first kappa shape index (κ1) is 13.8. The lowest BCUT2D eigenvalue weighted by molar-refractivity contribution is -0.119. The second-order valence-corrected chi connectivity index (χ2v) is 6.50. The van der Waals surface area contributed by atoms with Gasteiger partial charge < -0.3 is 0 Å². The Labute approximate surface area is 138 Å². The number of carbonyl (C=O) groups is 1. The lowest BCUT2D eigenvalue weighted by Crippen LogP contribution is -2.16. The fourth-order valence-electron chi connectivity index (χ4n) is 3.24. The number of Topliss-reactive ketones (excluding diaryl/α,β-unsaturated/α-hetero) is 1. The van der Waals surface area contributed by atoms with Crippen molar-refractivity contribution in [3.8, 4) is 0 Å². The summed E-state index contributed by atoms with van der Waals surface area (Å²) in [4.78, 5) is 13.0. The Bertz CT molecular complexity index is 779. The maximum Gasteiger partial charge on any atom is 0.155 e. The van der Waals surface area contributed by atoms with E-state index in [1.165, 1.54) is 0 Å². The van der Waals surface area contributed by atoms with Crippen LogP contribution in [-0.2, 0) is 4.79 Å². The van der Waals surface area contributed by atoms with Gasteiger partial charge in [-0.2, -0.15) is 0 Å². The summed E-state index contributed by atoms with van der Waals surface area (Å²) in [5, 5.41) is 1.38. The SMILES string of the molecule is O=C(C1C=Cc2cc(Cl)ccc21)C1C=Cc2cc(Cl)ccc21. The Hall–Kier alpha value is -1.83. The first-order valence-corrected chi connectivity index (χ1v) is 7.88. The molecule has 2 aliphatic carbocycles. The van der Waals surface area contributed by atoms with Gasteiger partial charge in [-0.15, -0.1) is 0 Å². The Morgan fingerprint density at radius 1 is 0.773 bits per heavy atom. The average molecular weight is 327 g/mol. The number of rotatable bonds is 2. The van der Waals surface area contributed by atoms with Gasteiger partial charge in [0, 0.05) is 10.0 Å². The fourth-order valence-corrected chi connectivity index (χ4v) is 3.60. The van der Waals surface area contributed by atoms with Crippen molar-refractivity contribution in [1.29, 1.82) is 0 Å². The summed E-state index contributed by atoms with van der Waals surface area (Å²) in [6.07, 6.45) is 7.88. The quantitative estimate of drug-likeness (QED) is 0.713. The van der Waals surface area contributed by atoms with Crippen molar-refractivity contribution in [2.75, 3.05) is 0 Å². The van der Waals surface area contributed by atoms with Crippen LogP contribution < -0.4 is 0 Å². The van der Waals surface area contributed by atoms with Gasteiger partial charge in [-0.05, 0) is 46.5 Å². The molecule has 2 atom stereocenters. The lowest BCUT2D eigenvalue weighted by Gasteiger charge is -2.16. The molecule has 0 radical (unpaired) electrons. The molecule has 0 saturated heterocycles. The van der Waals surface area contributed by atoms with E-state index in [0.717, 1.165) is 22.3 Å². The summed E-state index contributed by atoms with van der Waals surface area (Å²) >= 11 is 12.0. The van der Waals surface area contributed by atoms with E-state index < -0.39 is 0 Å². The van der Waals surface area contributed by atoms with E-state index in [1.807, 2.05) is 60.7 Å². The third-order valence-electron chi connectivity index (χ3n) is 4.32. The van der Waals surface area contributed by atoms with E-state index in [0.29, 0.717) is 10.0 Å². The van der Waals surface area contributed by atoms with Crippen LogP contribution >= 0.6 is 23.2 Å². The van der Waals surface area contributed by atoms with E-state index in [9.17, 15) is 4.79 Å². The molecule has 2 aromatic rings. The van der Waals surface area contributed by atoms with E-state index in [-0.39, 0.29) is 17.6 Å². The normalized spacial score (nSPS) is 21.0. The van der Waals surface area contributed by atoms with Crippen molar-refractivity contribution in [2.24, 2.45) is 0 Å². The molecule has 0 spiro atoms. The van der Waals surface area contributed by atoms with Crippen LogP contribution in [0.4, 0.5) is 0 Å². The summed E-state index contributed by atoms with van der Waals surface area (Å²) in [6, 6.07) is 11.4. The Morgan fingerprint density at radius 2 is 1.23 bits per heavy atom. The highest BCUT2D eigenvalue weighted by Crippen LogP contribution is 2.40. The van der Waals surface area contributed by atoms with Gasteiger partial charge in [-0.3, -0.25) is 4.79 Å². The third kappa shape index (κ3) is 2.13. The number of benzene rings is 2. The van der Waals surface area contributed by atoms with Gasteiger partial charge in [0.15, 0.2) is 5.78 Å². The molecule has 4 rings (SSSR count). The minimum atomic E-state index is -0.205. The summed E-state index contributed by atoms with van der Waals surface area (Å²) in [6.45, 7) is 0. The topological polar surface area (TPSA) is 17.1 Å². The van der Waals surface area contributed by atoms with Gasteiger partial charge in [-0.25, -0.2) is 0 Å². The molecule has 0 aliphatic heterocycles. The molecule has 1 nitrogen and oxygen atoms in total. The number of hydrogen-bond acceptors (Lipinski definition) is 1. The highest BCUT2D eigenvalue weighted by molar-refractivity contribution is 6.31. The van der Waals surface area contributed by atoms with Crippen molar-refractivity contribution in [1.82, 2.24) is 0 Å². The molecule has 0 saturated carbocycles. The lowest BCUT2D eigenvalue weighted by atomic mass is 9.86. The second-order valence-electron chi connectivity index (χ2n) is 5.62. The van der Waals surface area contributed by atoms with Crippen LogP contribution in [0.3, 0.4) is 0 Å². The van der Waals surface area contributed by atoms with Crippen molar-refractivity contribution >= 4 is 41.1 Å². The molecular weight excluding hydrogens is 315 g/mol. The molecule has 0 amide bonds. The van der Waals surface area contributed by atoms with Crippen molar-refractivity contribution in [3.05, 3.63) is 80.8 Å². The molecule has 2 aliphatic rings. The van der Waals surface area contributed by atoms with Gasteiger partial charge in [0.2, 0.25) is 0 Å². The number of halogens is 2. The van der Waals surface area contributed by atoms with E-state index in [1.54, 1.807) is 0 Å². The summed E-state index contributed by atoms with van der Waals surface area (Å²) in [7, 11) is 0. The van der Waals surface area contributed by atoms with Gasteiger partial charge >= 0.3 is 0 Å². The fraction of sp³-hybridized carbons (Fsp3) is 0.105. The van der Waals surface area contributed by atoms with Gasteiger partial charge in [-0.1, -0.05) is 59.6 Å². The van der Waals surface area contributed by atoms with E-state index in [2.05, 4.69) is 0 Å². The largest absolute Gasteiger partial charge is 0.298 e. The first-order valence-electron chi connectivity index (χ1n) is 7.12. The first-order chi connectivity index (χ1) is 10.6. The molecule has 0 N–H and O–H groups in total. The second kappa shape index (κ2) is 5.12. The molecule has 0 aromatic heterocycles. The molecule has 2 unspecified atom stereocenters. The predicted octanol–water partition coefficient (Wildman–Crippen LogP) is 5.48. The Morgan fingerprint density at radius 3 is 1.68 bits per heavy atom. The van der Waals surface area contributed by atoms with Gasteiger partial charge in [0.05, 0.1) is 11.8 Å². The highest BCUT2D eigenvalue weighted by Gasteiger charge is 2.32. The predicted molar refractivity (Wildman–Crippen MR) is 91.5 cm³/mol. The van der Waals surface area contributed by atoms with Gasteiger partial charge in [0.25, 0.3) is 0 Å². The molecule has 3 heteroatoms. The van der Waals surface area contributed by atoms with Crippen LogP contribution in [0.5, 0.6) is 0 Å². The number of carbonyl (C=O) groups excluding carboxylic acids is 1. The van der Waals surface area contributed by atoms with Crippen LogP contribution in [0.15, 0.2) is 48.6 Å². The minimum Gasteiger partial charge on any atom is -0.298 e. The zero-order chi connectivity index (χ0) is 15.3. The molecular formula is C19H12Cl2O. The van der Waals surface area contributed by atoms with Crippen molar-refractivity contribution in [2.45, 2.75) is 11.8 Å². The molecule has 0 bridgehead atoms. The third-order valence-corrected chi connectivity index (χ3v) is 4.79. The zero-order valence-electron chi connectivity index (χ0n) is 11.6. The number of fused-ring (bicyclic) bond motifs is 2. The van der Waals surface area contributed by atoms with E-state index in [4.69, 9.17) is 23.2 Å². The van der Waals surface area contributed by atoms with Crippen LogP contribution in [-0.4, -0.2) is 5.78 Å². The molecule has 22 heavy (non-hydrogen) atoms. The molecule has 108 valence electrons. The standard InChI is InChI=1S/C19H12Cl2O/c20-13-3-7-15-11(9-13)1-5-17(15)19(22)18-6-2-12-10-14(21)4-8-16(12)18/h1-10,17-18H. The zero-order valence-corrected chi connectivity index (χ0v) is 13.1. The van der Waals surface area contributed by atoms with E-state index >= 15 is 0 Å². The van der Waals surface area contributed by atoms with Crippen LogP contribution in [0.1, 0.15) is 34.1 Å². The number of ketones is 1. The Balaban J connectivity index is 1.69. The molecule has 2 aromatic carbocycles. The minimum absolute atomic E-state index is 0.189. The van der Waals surface area contributed by atoms with Crippen LogP contribution in [0.2, 0.25) is 10.0 Å². The summed E-state index contributed by atoms with van der Waals surface area (Å²) in [5.74, 6) is -0.221. The molecule has 0 heterocycles. The van der Waals surface area contributed by atoms with Crippen LogP contribution in [0.25, 0.3) is 12.2 Å². The van der Waals surface area contributed by atoms with Crippen molar-refractivity contribution < 1.29 is 4.79 Å². The highest BCUT2D eigenvalue weighted by atomic mass is 35.5. The maximum atomic E-state index is 13.0. The number of allylic oxidation sites excluding steroid dienone is 2. The Kier molecular flexibility index (Phi) is 3.21. The smallest absolute Gasteiger partial charge is 0.155 e. The maximum absolute atomic E-state index is 13.0. The van der Waals surface area contributed by atoms with Crippen molar-refractivity contribution in [3.63, 3.8) is 0 Å². The van der Waals surface area contributed by atoms with Gasteiger partial charge in [0.1, 0.15) is 0 Å². The average Bonchev–Trinajstić information content (AvgIpc) is 3.09.